The molecule has 6 heteroatoms. The predicted octanol–water partition coefficient (Wildman–Crippen LogP) is 5.19. The summed E-state index contributed by atoms with van der Waals surface area (Å²) >= 11 is 6.04. The molecule has 0 saturated carbocycles. The summed E-state index contributed by atoms with van der Waals surface area (Å²) in [4.78, 5) is 5.15. The van der Waals surface area contributed by atoms with Crippen LogP contribution >= 0.6 is 11.6 Å². The van der Waals surface area contributed by atoms with Crippen molar-refractivity contribution < 1.29 is 8.42 Å². The number of hydrogen-bond acceptors (Lipinski definition) is 3. The van der Waals surface area contributed by atoms with E-state index in [1.807, 2.05) is 53.2 Å². The molecule has 0 aliphatic carbocycles. The molecule has 0 aliphatic rings. The SMILES string of the molecule is CS(=O)(=O)c1ccc(-n2cc(Cc3ccccc3)nc2-c2ccc(Cl)cc2)cc1. The van der Waals surface area contributed by atoms with E-state index in [9.17, 15) is 8.42 Å². The highest BCUT2D eigenvalue weighted by molar-refractivity contribution is 7.90. The van der Waals surface area contributed by atoms with Crippen LogP contribution in [-0.4, -0.2) is 24.2 Å². The second kappa shape index (κ2) is 7.85. The Morgan fingerprint density at radius 3 is 2.17 bits per heavy atom. The maximum Gasteiger partial charge on any atom is 0.175 e. The first-order valence-corrected chi connectivity index (χ1v) is 11.4. The maximum atomic E-state index is 11.8. The van der Waals surface area contributed by atoms with Gasteiger partial charge in [-0.1, -0.05) is 41.9 Å². The highest BCUT2D eigenvalue weighted by Gasteiger charge is 2.14. The lowest BCUT2D eigenvalue weighted by molar-refractivity contribution is 0.602. The Balaban J connectivity index is 1.79. The molecule has 0 spiro atoms. The summed E-state index contributed by atoms with van der Waals surface area (Å²) in [6.45, 7) is 0. The second-order valence-electron chi connectivity index (χ2n) is 6.86. The van der Waals surface area contributed by atoms with Crippen LogP contribution in [-0.2, 0) is 16.3 Å². The molecule has 0 saturated heterocycles. The van der Waals surface area contributed by atoms with Gasteiger partial charge in [0.2, 0.25) is 0 Å². The van der Waals surface area contributed by atoms with Crippen molar-refractivity contribution >= 4 is 21.4 Å². The van der Waals surface area contributed by atoms with Gasteiger partial charge in [0.15, 0.2) is 9.84 Å². The molecule has 29 heavy (non-hydrogen) atoms. The van der Waals surface area contributed by atoms with Gasteiger partial charge in [-0.3, -0.25) is 4.57 Å². The van der Waals surface area contributed by atoms with E-state index in [1.165, 1.54) is 11.8 Å². The Morgan fingerprint density at radius 2 is 1.55 bits per heavy atom. The van der Waals surface area contributed by atoms with Crippen LogP contribution in [0, 0.1) is 0 Å². The molecule has 146 valence electrons. The Labute approximate surface area is 175 Å². The van der Waals surface area contributed by atoms with Gasteiger partial charge >= 0.3 is 0 Å². The first-order valence-electron chi connectivity index (χ1n) is 9.09. The van der Waals surface area contributed by atoms with Gasteiger partial charge in [-0.05, 0) is 54.1 Å². The van der Waals surface area contributed by atoms with E-state index >= 15 is 0 Å². The zero-order valence-corrected chi connectivity index (χ0v) is 17.4. The van der Waals surface area contributed by atoms with Crippen molar-refractivity contribution in [3.63, 3.8) is 0 Å². The second-order valence-corrected chi connectivity index (χ2v) is 9.31. The lowest BCUT2D eigenvalue weighted by Gasteiger charge is -2.09. The van der Waals surface area contributed by atoms with Crippen molar-refractivity contribution in [1.29, 1.82) is 0 Å². The van der Waals surface area contributed by atoms with Crippen LogP contribution < -0.4 is 0 Å². The van der Waals surface area contributed by atoms with Crippen LogP contribution in [0.4, 0.5) is 0 Å². The van der Waals surface area contributed by atoms with Crippen LogP contribution in [0.15, 0.2) is 90.0 Å². The number of hydrogen-bond donors (Lipinski definition) is 0. The van der Waals surface area contributed by atoms with E-state index < -0.39 is 9.84 Å². The summed E-state index contributed by atoms with van der Waals surface area (Å²) in [6.07, 6.45) is 3.90. The van der Waals surface area contributed by atoms with Crippen molar-refractivity contribution in [1.82, 2.24) is 9.55 Å². The molecule has 0 fully saturated rings. The van der Waals surface area contributed by atoms with Gasteiger partial charge in [-0.15, -0.1) is 0 Å². The fourth-order valence-electron chi connectivity index (χ4n) is 3.17. The van der Waals surface area contributed by atoms with E-state index in [0.29, 0.717) is 16.3 Å². The van der Waals surface area contributed by atoms with Crippen molar-refractivity contribution in [2.45, 2.75) is 11.3 Å². The fraction of sp³-hybridized carbons (Fsp3) is 0.0870. The lowest BCUT2D eigenvalue weighted by atomic mass is 10.1. The van der Waals surface area contributed by atoms with Gasteiger partial charge in [-0.2, -0.15) is 0 Å². The molecule has 0 amide bonds. The quantitative estimate of drug-likeness (QED) is 0.445. The standard InChI is InChI=1S/C23H19ClN2O2S/c1-29(27,28)22-13-11-21(12-14-22)26-16-20(15-17-5-3-2-4-6-17)25-23(26)18-7-9-19(24)10-8-18/h2-14,16H,15H2,1H3. The third kappa shape index (κ3) is 4.42. The minimum absolute atomic E-state index is 0.291. The van der Waals surface area contributed by atoms with Crippen LogP contribution in [0.1, 0.15) is 11.3 Å². The van der Waals surface area contributed by atoms with Gasteiger partial charge in [0, 0.05) is 35.1 Å². The first-order chi connectivity index (χ1) is 13.9. The Hall–Kier alpha value is -2.89. The maximum absolute atomic E-state index is 11.8. The first kappa shape index (κ1) is 19.4. The zero-order valence-electron chi connectivity index (χ0n) is 15.8. The van der Waals surface area contributed by atoms with Crippen molar-refractivity contribution in [3.05, 3.63) is 101 Å². The summed E-state index contributed by atoms with van der Waals surface area (Å²) in [5.74, 6) is 0.778. The molecule has 0 unspecified atom stereocenters. The van der Waals surface area contributed by atoms with Gasteiger partial charge in [0.1, 0.15) is 5.82 Å². The third-order valence-electron chi connectivity index (χ3n) is 4.63. The molecule has 0 atom stereocenters. The molecule has 0 N–H and O–H groups in total. The number of sulfone groups is 1. The van der Waals surface area contributed by atoms with Crippen molar-refractivity contribution in [3.8, 4) is 17.1 Å². The normalized spacial score (nSPS) is 11.5. The Morgan fingerprint density at radius 1 is 0.897 bits per heavy atom. The molecule has 1 aromatic heterocycles. The average molecular weight is 423 g/mol. The largest absolute Gasteiger partial charge is 0.300 e. The highest BCUT2D eigenvalue weighted by atomic mass is 35.5. The molecular formula is C23H19ClN2O2S. The molecule has 3 aromatic carbocycles. The van der Waals surface area contributed by atoms with Gasteiger partial charge in [-0.25, -0.2) is 13.4 Å². The minimum Gasteiger partial charge on any atom is -0.300 e. The van der Waals surface area contributed by atoms with Crippen molar-refractivity contribution in [2.75, 3.05) is 6.26 Å². The smallest absolute Gasteiger partial charge is 0.175 e. The summed E-state index contributed by atoms with van der Waals surface area (Å²) in [6, 6.07) is 24.5. The number of imidazole rings is 1. The van der Waals surface area contributed by atoms with Gasteiger partial charge in [0.25, 0.3) is 0 Å². The summed E-state index contributed by atoms with van der Waals surface area (Å²) in [5, 5.41) is 0.661. The predicted molar refractivity (Wildman–Crippen MR) is 116 cm³/mol. The minimum atomic E-state index is -3.24. The number of rotatable bonds is 5. The van der Waals surface area contributed by atoms with Crippen LogP contribution in [0.5, 0.6) is 0 Å². The monoisotopic (exact) mass is 422 g/mol. The molecule has 4 aromatic rings. The van der Waals surface area contributed by atoms with E-state index in [4.69, 9.17) is 16.6 Å². The molecule has 4 nitrogen and oxygen atoms in total. The summed E-state index contributed by atoms with van der Waals surface area (Å²) in [5.41, 5.74) is 3.87. The molecule has 0 aliphatic heterocycles. The average Bonchev–Trinajstić information content (AvgIpc) is 3.12. The Kier molecular flexibility index (Phi) is 5.26. The number of benzene rings is 3. The fourth-order valence-corrected chi connectivity index (χ4v) is 3.93. The number of halogens is 1. The van der Waals surface area contributed by atoms with Gasteiger partial charge < -0.3 is 0 Å². The van der Waals surface area contributed by atoms with Crippen LogP contribution in [0.25, 0.3) is 17.1 Å². The molecule has 0 radical (unpaired) electrons. The zero-order chi connectivity index (χ0) is 20.4. The molecular weight excluding hydrogens is 404 g/mol. The van der Waals surface area contributed by atoms with Crippen LogP contribution in [0.3, 0.4) is 0 Å². The lowest BCUT2D eigenvalue weighted by Crippen LogP contribution is -1.99. The highest BCUT2D eigenvalue weighted by Crippen LogP contribution is 2.26. The van der Waals surface area contributed by atoms with E-state index in [1.54, 1.807) is 24.3 Å². The summed E-state index contributed by atoms with van der Waals surface area (Å²) < 4.78 is 25.5. The number of aromatic nitrogens is 2. The van der Waals surface area contributed by atoms with E-state index in [2.05, 4.69) is 12.1 Å². The summed E-state index contributed by atoms with van der Waals surface area (Å²) in [7, 11) is -3.24. The van der Waals surface area contributed by atoms with Crippen LogP contribution in [0.2, 0.25) is 5.02 Å². The third-order valence-corrected chi connectivity index (χ3v) is 6.01. The van der Waals surface area contributed by atoms with Gasteiger partial charge in [0.05, 0.1) is 10.6 Å². The van der Waals surface area contributed by atoms with E-state index in [0.717, 1.165) is 22.8 Å². The topological polar surface area (TPSA) is 52.0 Å². The number of nitrogens with zero attached hydrogens (tertiary/aromatic N) is 2. The molecule has 4 rings (SSSR count). The van der Waals surface area contributed by atoms with E-state index in [-0.39, 0.29) is 0 Å². The van der Waals surface area contributed by atoms with Crippen molar-refractivity contribution in [2.24, 2.45) is 0 Å². The Bertz CT molecular complexity index is 1230. The molecule has 1 heterocycles. The molecule has 0 bridgehead atoms.